The van der Waals surface area contributed by atoms with Crippen LogP contribution in [0.15, 0.2) is 36.4 Å². The van der Waals surface area contributed by atoms with Crippen molar-refractivity contribution >= 4 is 21.8 Å². The molecule has 0 radical (unpaired) electrons. The van der Waals surface area contributed by atoms with Crippen molar-refractivity contribution in [1.29, 1.82) is 0 Å². The second kappa shape index (κ2) is 2.73. The van der Waals surface area contributed by atoms with Crippen molar-refractivity contribution in [1.82, 2.24) is 4.98 Å². The van der Waals surface area contributed by atoms with Gasteiger partial charge in [0.15, 0.2) is 0 Å². The molecule has 3 heteroatoms. The third kappa shape index (κ3) is 1.16. The van der Waals surface area contributed by atoms with E-state index < -0.39 is 0 Å². The number of aromatic hydroxyl groups is 1. The number of halogens is 1. The summed E-state index contributed by atoms with van der Waals surface area (Å²) in [7, 11) is 0. The van der Waals surface area contributed by atoms with Crippen LogP contribution in [0.4, 0.5) is 4.39 Å². The molecule has 0 spiro atoms. The van der Waals surface area contributed by atoms with E-state index in [0.717, 1.165) is 21.8 Å². The molecule has 0 aliphatic heterocycles. The fourth-order valence-corrected chi connectivity index (χ4v) is 1.87. The van der Waals surface area contributed by atoms with Gasteiger partial charge in [0.25, 0.3) is 0 Å². The summed E-state index contributed by atoms with van der Waals surface area (Å²) in [4.78, 5) is 3.06. The number of phenolic OH excluding ortho intramolecular Hbond substituents is 1. The van der Waals surface area contributed by atoms with E-state index in [4.69, 9.17) is 0 Å². The van der Waals surface area contributed by atoms with Crippen LogP contribution in [-0.4, -0.2) is 10.1 Å². The molecule has 0 unspecified atom stereocenters. The number of aromatic amines is 1. The van der Waals surface area contributed by atoms with Gasteiger partial charge in [-0.2, -0.15) is 0 Å². The molecule has 74 valence electrons. The van der Waals surface area contributed by atoms with Gasteiger partial charge in [-0.1, -0.05) is 0 Å². The van der Waals surface area contributed by atoms with Crippen molar-refractivity contribution in [2.24, 2.45) is 0 Å². The van der Waals surface area contributed by atoms with Gasteiger partial charge in [0.05, 0.1) is 5.52 Å². The monoisotopic (exact) mass is 201 g/mol. The Morgan fingerprint density at radius 3 is 2.40 bits per heavy atom. The van der Waals surface area contributed by atoms with Crippen LogP contribution in [0, 0.1) is 5.82 Å². The number of aromatic nitrogens is 1. The summed E-state index contributed by atoms with van der Waals surface area (Å²) in [5.74, 6) is -0.0622. The topological polar surface area (TPSA) is 36.0 Å². The molecule has 1 heterocycles. The number of hydrogen-bond acceptors (Lipinski definition) is 1. The van der Waals surface area contributed by atoms with Crippen molar-refractivity contribution in [3.63, 3.8) is 0 Å². The van der Waals surface area contributed by atoms with Crippen LogP contribution < -0.4 is 0 Å². The lowest BCUT2D eigenvalue weighted by molar-refractivity contribution is 0.476. The summed E-state index contributed by atoms with van der Waals surface area (Å²) >= 11 is 0. The van der Waals surface area contributed by atoms with Gasteiger partial charge in [0.2, 0.25) is 0 Å². The Hall–Kier alpha value is -2.03. The maximum Gasteiger partial charge on any atom is 0.125 e. The fourth-order valence-electron chi connectivity index (χ4n) is 1.87. The predicted molar refractivity (Wildman–Crippen MR) is 57.4 cm³/mol. The molecule has 2 aromatic carbocycles. The first-order valence-electron chi connectivity index (χ1n) is 4.64. The van der Waals surface area contributed by atoms with Gasteiger partial charge in [-0.25, -0.2) is 4.39 Å². The Morgan fingerprint density at radius 2 is 1.60 bits per heavy atom. The molecule has 0 saturated heterocycles. The second-order valence-electron chi connectivity index (χ2n) is 3.54. The normalized spacial score (nSPS) is 11.3. The number of hydrogen-bond donors (Lipinski definition) is 2. The van der Waals surface area contributed by atoms with E-state index in [2.05, 4.69) is 4.98 Å². The first-order chi connectivity index (χ1) is 7.24. The fraction of sp³-hybridized carbons (Fsp3) is 0. The SMILES string of the molecule is Oc1ccc2c(c1)[nH]c1cc(F)ccc12. The Balaban J connectivity index is 2.51. The van der Waals surface area contributed by atoms with Crippen molar-refractivity contribution < 1.29 is 9.50 Å². The van der Waals surface area contributed by atoms with E-state index in [1.807, 2.05) is 6.07 Å². The Bertz CT molecular complexity index is 601. The number of H-pyrrole nitrogens is 1. The van der Waals surface area contributed by atoms with Crippen LogP contribution in [0.2, 0.25) is 0 Å². The minimum atomic E-state index is -0.265. The Labute approximate surface area is 85.0 Å². The van der Waals surface area contributed by atoms with Crippen LogP contribution in [0.3, 0.4) is 0 Å². The van der Waals surface area contributed by atoms with Crippen molar-refractivity contribution in [3.05, 3.63) is 42.2 Å². The van der Waals surface area contributed by atoms with Gasteiger partial charge < -0.3 is 10.1 Å². The van der Waals surface area contributed by atoms with Gasteiger partial charge in [-0.15, -0.1) is 0 Å². The van der Waals surface area contributed by atoms with Crippen LogP contribution in [0.1, 0.15) is 0 Å². The lowest BCUT2D eigenvalue weighted by Crippen LogP contribution is -1.71. The molecular formula is C12H8FNO. The first kappa shape index (κ1) is 8.29. The first-order valence-corrected chi connectivity index (χ1v) is 4.64. The van der Waals surface area contributed by atoms with E-state index in [1.165, 1.54) is 12.1 Å². The highest BCUT2D eigenvalue weighted by atomic mass is 19.1. The van der Waals surface area contributed by atoms with Gasteiger partial charge in [-0.05, 0) is 30.3 Å². The molecule has 0 amide bonds. The summed E-state index contributed by atoms with van der Waals surface area (Å²) in [6.45, 7) is 0. The highest BCUT2D eigenvalue weighted by Crippen LogP contribution is 2.28. The van der Waals surface area contributed by atoms with E-state index in [1.54, 1.807) is 18.2 Å². The molecule has 0 aliphatic rings. The Kier molecular flexibility index (Phi) is 1.51. The molecule has 0 fully saturated rings. The van der Waals surface area contributed by atoms with E-state index in [-0.39, 0.29) is 11.6 Å². The molecular weight excluding hydrogens is 193 g/mol. The third-order valence-electron chi connectivity index (χ3n) is 2.54. The number of benzene rings is 2. The summed E-state index contributed by atoms with van der Waals surface area (Å²) in [6, 6.07) is 9.70. The quantitative estimate of drug-likeness (QED) is 0.575. The van der Waals surface area contributed by atoms with Gasteiger partial charge >= 0.3 is 0 Å². The summed E-state index contributed by atoms with van der Waals surface area (Å²) in [5.41, 5.74) is 1.56. The van der Waals surface area contributed by atoms with E-state index in [0.29, 0.717) is 0 Å². The molecule has 0 aliphatic carbocycles. The smallest absolute Gasteiger partial charge is 0.125 e. The van der Waals surface area contributed by atoms with Crippen LogP contribution in [-0.2, 0) is 0 Å². The minimum Gasteiger partial charge on any atom is -0.508 e. The summed E-state index contributed by atoms with van der Waals surface area (Å²) in [5, 5.41) is 11.3. The molecule has 0 bridgehead atoms. The van der Waals surface area contributed by atoms with Gasteiger partial charge in [-0.3, -0.25) is 0 Å². The van der Waals surface area contributed by atoms with Crippen LogP contribution >= 0.6 is 0 Å². The molecule has 3 aromatic rings. The Morgan fingerprint density at radius 1 is 0.933 bits per heavy atom. The predicted octanol–water partition coefficient (Wildman–Crippen LogP) is 3.17. The molecule has 15 heavy (non-hydrogen) atoms. The van der Waals surface area contributed by atoms with E-state index in [9.17, 15) is 9.50 Å². The lowest BCUT2D eigenvalue weighted by Gasteiger charge is -1.92. The average Bonchev–Trinajstić information content (AvgIpc) is 2.53. The van der Waals surface area contributed by atoms with Gasteiger partial charge in [0, 0.05) is 22.4 Å². The highest BCUT2D eigenvalue weighted by molar-refractivity contribution is 6.07. The molecule has 3 rings (SSSR count). The number of fused-ring (bicyclic) bond motifs is 3. The zero-order valence-corrected chi connectivity index (χ0v) is 7.79. The average molecular weight is 201 g/mol. The van der Waals surface area contributed by atoms with Crippen LogP contribution in [0.25, 0.3) is 21.8 Å². The number of phenols is 1. The molecule has 0 atom stereocenters. The molecule has 0 saturated carbocycles. The molecule has 1 aromatic heterocycles. The largest absolute Gasteiger partial charge is 0.508 e. The second-order valence-corrected chi connectivity index (χ2v) is 3.54. The zero-order chi connectivity index (χ0) is 10.4. The summed E-state index contributed by atoms with van der Waals surface area (Å²) < 4.78 is 13.0. The lowest BCUT2D eigenvalue weighted by atomic mass is 10.1. The van der Waals surface area contributed by atoms with Crippen molar-refractivity contribution in [2.75, 3.05) is 0 Å². The number of nitrogens with one attached hydrogen (secondary N) is 1. The van der Waals surface area contributed by atoms with Gasteiger partial charge in [0.1, 0.15) is 11.6 Å². The number of rotatable bonds is 0. The zero-order valence-electron chi connectivity index (χ0n) is 7.79. The van der Waals surface area contributed by atoms with E-state index >= 15 is 0 Å². The highest BCUT2D eigenvalue weighted by Gasteiger charge is 2.04. The maximum atomic E-state index is 13.0. The van der Waals surface area contributed by atoms with Crippen molar-refractivity contribution in [3.8, 4) is 5.75 Å². The molecule has 2 N–H and O–H groups in total. The van der Waals surface area contributed by atoms with Crippen LogP contribution in [0.5, 0.6) is 5.75 Å². The summed E-state index contributed by atoms with van der Waals surface area (Å²) in [6.07, 6.45) is 0. The maximum absolute atomic E-state index is 13.0. The van der Waals surface area contributed by atoms with Crippen molar-refractivity contribution in [2.45, 2.75) is 0 Å². The third-order valence-corrected chi connectivity index (χ3v) is 2.54. The standard InChI is InChI=1S/C12H8FNO/c13-7-1-3-9-10-4-2-8(15)6-12(10)14-11(9)5-7/h1-6,14-15H. The minimum absolute atomic E-state index is 0.203. The molecule has 2 nitrogen and oxygen atoms in total.